The summed E-state index contributed by atoms with van der Waals surface area (Å²) in [5.41, 5.74) is 0. The summed E-state index contributed by atoms with van der Waals surface area (Å²) in [6.45, 7) is 2.34. The number of unbranched alkanes of at least 4 members (excludes halogenated alkanes) is 9. The number of hydrogen-bond acceptors (Lipinski definition) is 5. The summed E-state index contributed by atoms with van der Waals surface area (Å²) in [4.78, 5) is 12.0. The molecule has 1 atom stereocenters. The predicted molar refractivity (Wildman–Crippen MR) is 113 cm³/mol. The average Bonchev–Trinajstić information content (AvgIpc) is 3.20. The minimum atomic E-state index is -4.02. The van der Waals surface area contributed by atoms with Crippen molar-refractivity contribution in [3.05, 3.63) is 24.2 Å². The second kappa shape index (κ2) is 15.3. The molecule has 29 heavy (non-hydrogen) atoms. The number of carbonyl (C=O) groups is 1. The molecule has 0 saturated carbocycles. The van der Waals surface area contributed by atoms with Crippen LogP contribution in [0.3, 0.4) is 0 Å². The SMILES string of the molecule is CCCCCCCCCCCCC(OC(=O)NCCCS(=O)(=O)O)c1ccco1. The van der Waals surface area contributed by atoms with Crippen LogP contribution < -0.4 is 5.32 Å². The van der Waals surface area contributed by atoms with E-state index < -0.39 is 28.1 Å². The molecular weight excluding hydrogens is 394 g/mol. The van der Waals surface area contributed by atoms with Crippen LogP contribution in [0.4, 0.5) is 4.79 Å². The Bertz CT molecular complexity index is 630. The standard InChI is InChI=1S/C21H37NO6S/c1-2-3-4-5-6-7-8-9-10-11-14-20(19-15-12-17-27-19)28-21(23)22-16-13-18-29(24,25)26/h12,15,17,20H,2-11,13-14,16,18H2,1H3,(H,22,23)(H,24,25,26). The molecule has 0 bridgehead atoms. The van der Waals surface area contributed by atoms with Crippen LogP contribution in [0, 0.1) is 0 Å². The molecule has 0 fully saturated rings. The monoisotopic (exact) mass is 431 g/mol. The second-order valence-electron chi connectivity index (χ2n) is 7.45. The van der Waals surface area contributed by atoms with Crippen LogP contribution in [0.1, 0.15) is 95.8 Å². The average molecular weight is 432 g/mol. The van der Waals surface area contributed by atoms with E-state index in [9.17, 15) is 13.2 Å². The molecule has 168 valence electrons. The van der Waals surface area contributed by atoms with Gasteiger partial charge in [-0.3, -0.25) is 4.55 Å². The highest BCUT2D eigenvalue weighted by Crippen LogP contribution is 2.25. The third-order valence-electron chi connectivity index (χ3n) is 4.78. The number of carbonyl (C=O) groups excluding carboxylic acids is 1. The summed E-state index contributed by atoms with van der Waals surface area (Å²) >= 11 is 0. The zero-order chi connectivity index (χ0) is 21.4. The molecule has 0 spiro atoms. The van der Waals surface area contributed by atoms with Crippen molar-refractivity contribution in [2.45, 2.75) is 90.1 Å². The molecule has 0 aliphatic carbocycles. The van der Waals surface area contributed by atoms with Gasteiger partial charge < -0.3 is 14.5 Å². The quantitative estimate of drug-likeness (QED) is 0.244. The molecule has 0 aliphatic heterocycles. The van der Waals surface area contributed by atoms with E-state index >= 15 is 0 Å². The molecule has 1 rings (SSSR count). The first-order valence-corrected chi connectivity index (χ1v) is 12.5. The number of furan rings is 1. The van der Waals surface area contributed by atoms with Gasteiger partial charge in [0.05, 0.1) is 12.0 Å². The largest absolute Gasteiger partial charge is 0.465 e. The van der Waals surface area contributed by atoms with Crippen molar-refractivity contribution in [1.29, 1.82) is 0 Å². The molecule has 0 aliphatic rings. The first-order valence-electron chi connectivity index (χ1n) is 10.9. The van der Waals surface area contributed by atoms with Crippen LogP contribution in [-0.4, -0.2) is 31.4 Å². The van der Waals surface area contributed by atoms with Crippen molar-refractivity contribution in [2.75, 3.05) is 12.3 Å². The lowest BCUT2D eigenvalue weighted by Crippen LogP contribution is -2.28. The highest BCUT2D eigenvalue weighted by atomic mass is 32.2. The number of ether oxygens (including phenoxy) is 1. The van der Waals surface area contributed by atoms with Gasteiger partial charge in [0.15, 0.2) is 6.10 Å². The normalized spacial score (nSPS) is 12.6. The first-order chi connectivity index (χ1) is 13.9. The van der Waals surface area contributed by atoms with Gasteiger partial charge in [0.2, 0.25) is 0 Å². The smallest absolute Gasteiger partial charge is 0.407 e. The van der Waals surface area contributed by atoms with Crippen LogP contribution in [0.5, 0.6) is 0 Å². The maximum atomic E-state index is 12.0. The summed E-state index contributed by atoms with van der Waals surface area (Å²) in [5, 5.41) is 2.51. The number of hydrogen-bond donors (Lipinski definition) is 2. The molecule has 1 aromatic rings. The molecule has 0 saturated heterocycles. The molecule has 0 aromatic carbocycles. The fourth-order valence-electron chi connectivity index (χ4n) is 3.17. The van der Waals surface area contributed by atoms with E-state index in [2.05, 4.69) is 12.2 Å². The fraction of sp³-hybridized carbons (Fsp3) is 0.762. The maximum Gasteiger partial charge on any atom is 0.407 e. The van der Waals surface area contributed by atoms with Crippen molar-refractivity contribution in [2.24, 2.45) is 0 Å². The molecule has 1 heterocycles. The lowest BCUT2D eigenvalue weighted by molar-refractivity contribution is 0.0778. The molecule has 1 amide bonds. The van der Waals surface area contributed by atoms with Crippen LogP contribution in [0.15, 0.2) is 22.8 Å². The Morgan fingerprint density at radius 2 is 1.69 bits per heavy atom. The van der Waals surface area contributed by atoms with Gasteiger partial charge in [-0.1, -0.05) is 64.7 Å². The molecule has 0 radical (unpaired) electrons. The summed E-state index contributed by atoms with van der Waals surface area (Å²) in [7, 11) is -4.02. The third kappa shape index (κ3) is 14.1. The first kappa shape index (κ1) is 25.5. The number of nitrogens with one attached hydrogen (secondary N) is 1. The van der Waals surface area contributed by atoms with Crippen LogP contribution in [0.2, 0.25) is 0 Å². The molecule has 7 nitrogen and oxygen atoms in total. The Morgan fingerprint density at radius 1 is 1.07 bits per heavy atom. The van der Waals surface area contributed by atoms with Crippen molar-refractivity contribution in [3.8, 4) is 0 Å². The zero-order valence-electron chi connectivity index (χ0n) is 17.6. The van der Waals surface area contributed by atoms with Crippen molar-refractivity contribution in [1.82, 2.24) is 5.32 Å². The molecule has 1 aromatic heterocycles. The maximum absolute atomic E-state index is 12.0. The molecule has 1 unspecified atom stereocenters. The van der Waals surface area contributed by atoms with E-state index in [1.54, 1.807) is 18.4 Å². The van der Waals surface area contributed by atoms with E-state index in [1.807, 2.05) is 0 Å². The van der Waals surface area contributed by atoms with Crippen molar-refractivity contribution >= 4 is 16.2 Å². The van der Waals surface area contributed by atoms with E-state index in [1.165, 1.54) is 51.4 Å². The van der Waals surface area contributed by atoms with E-state index in [0.29, 0.717) is 12.2 Å². The Labute approximate surface area is 175 Å². The Balaban J connectivity index is 2.22. The predicted octanol–water partition coefficient (Wildman–Crippen LogP) is 5.64. The highest BCUT2D eigenvalue weighted by molar-refractivity contribution is 7.85. The summed E-state index contributed by atoms with van der Waals surface area (Å²) in [6.07, 6.45) is 13.6. The number of alkyl carbamates (subject to hydrolysis) is 1. The third-order valence-corrected chi connectivity index (χ3v) is 5.58. The van der Waals surface area contributed by atoms with Gasteiger partial charge in [0.25, 0.3) is 10.1 Å². The highest BCUT2D eigenvalue weighted by Gasteiger charge is 2.19. The molecule has 2 N–H and O–H groups in total. The van der Waals surface area contributed by atoms with E-state index in [0.717, 1.165) is 12.8 Å². The lowest BCUT2D eigenvalue weighted by atomic mass is 10.0. The van der Waals surface area contributed by atoms with Crippen LogP contribution >= 0.6 is 0 Å². The van der Waals surface area contributed by atoms with Gasteiger partial charge in [-0.2, -0.15) is 8.42 Å². The van der Waals surface area contributed by atoms with E-state index in [-0.39, 0.29) is 13.0 Å². The summed E-state index contributed by atoms with van der Waals surface area (Å²) in [6, 6.07) is 3.54. The Hall–Kier alpha value is -1.54. The Kier molecular flexibility index (Phi) is 13.5. The minimum Gasteiger partial charge on any atom is -0.465 e. The number of amides is 1. The molecular formula is C21H37NO6S. The second-order valence-corrected chi connectivity index (χ2v) is 9.02. The topological polar surface area (TPSA) is 106 Å². The van der Waals surface area contributed by atoms with Gasteiger partial charge >= 0.3 is 6.09 Å². The van der Waals surface area contributed by atoms with Gasteiger partial charge in [-0.05, 0) is 31.4 Å². The van der Waals surface area contributed by atoms with Gasteiger partial charge in [0.1, 0.15) is 5.76 Å². The minimum absolute atomic E-state index is 0.113. The van der Waals surface area contributed by atoms with Gasteiger partial charge in [-0.15, -0.1) is 0 Å². The zero-order valence-corrected chi connectivity index (χ0v) is 18.4. The van der Waals surface area contributed by atoms with Gasteiger partial charge in [-0.25, -0.2) is 4.79 Å². The van der Waals surface area contributed by atoms with E-state index in [4.69, 9.17) is 13.7 Å². The van der Waals surface area contributed by atoms with Crippen LogP contribution in [-0.2, 0) is 14.9 Å². The fourth-order valence-corrected chi connectivity index (χ4v) is 3.68. The number of rotatable bonds is 17. The van der Waals surface area contributed by atoms with Crippen molar-refractivity contribution in [3.63, 3.8) is 0 Å². The lowest BCUT2D eigenvalue weighted by Gasteiger charge is -2.16. The van der Waals surface area contributed by atoms with Gasteiger partial charge in [0, 0.05) is 6.54 Å². The molecule has 8 heteroatoms. The van der Waals surface area contributed by atoms with Crippen molar-refractivity contribution < 1.29 is 26.9 Å². The Morgan fingerprint density at radius 3 is 2.24 bits per heavy atom. The summed E-state index contributed by atoms with van der Waals surface area (Å²) < 4.78 is 40.9. The van der Waals surface area contributed by atoms with Crippen LogP contribution in [0.25, 0.3) is 0 Å². The summed E-state index contributed by atoms with van der Waals surface area (Å²) in [5.74, 6) is 0.210.